The molecule has 0 atom stereocenters. The van der Waals surface area contributed by atoms with E-state index in [1.165, 1.54) is 46.6 Å². The summed E-state index contributed by atoms with van der Waals surface area (Å²) in [7, 11) is 0. The highest BCUT2D eigenvalue weighted by atomic mass is 32.2. The number of nitro benzene ring substituents is 1. The summed E-state index contributed by atoms with van der Waals surface area (Å²) in [6.45, 7) is 1.93. The number of nitrogens with zero attached hydrogens (tertiary/aromatic N) is 3. The van der Waals surface area contributed by atoms with E-state index in [0.717, 1.165) is 11.1 Å². The van der Waals surface area contributed by atoms with E-state index in [1.54, 1.807) is 6.07 Å². The Hall–Kier alpha value is -2.30. The number of non-ortho nitro benzene ring substituents is 1. The molecule has 2 aromatic heterocycles. The van der Waals surface area contributed by atoms with E-state index in [-0.39, 0.29) is 11.6 Å². The molecule has 0 radical (unpaired) electrons. The molecule has 3 rings (SSSR count). The topological polar surface area (TPSA) is 98.0 Å². The van der Waals surface area contributed by atoms with Crippen LogP contribution in [-0.2, 0) is 5.75 Å². The highest BCUT2D eigenvalue weighted by Gasteiger charge is 2.12. The Morgan fingerprint density at radius 3 is 2.92 bits per heavy atom. The van der Waals surface area contributed by atoms with E-state index in [4.69, 9.17) is 0 Å². The van der Waals surface area contributed by atoms with Gasteiger partial charge in [0.2, 0.25) is 5.13 Å². The van der Waals surface area contributed by atoms with Crippen molar-refractivity contribution in [3.63, 3.8) is 0 Å². The molecule has 0 saturated heterocycles. The van der Waals surface area contributed by atoms with Crippen molar-refractivity contribution < 1.29 is 9.72 Å². The Bertz CT molecular complexity index is 922. The molecule has 0 aliphatic carbocycles. The maximum Gasteiger partial charge on any atom is 0.269 e. The van der Waals surface area contributed by atoms with Crippen LogP contribution in [0.5, 0.6) is 0 Å². The average molecular weight is 392 g/mol. The normalized spacial score (nSPS) is 10.6. The number of carbonyl (C=O) groups is 1. The zero-order valence-corrected chi connectivity index (χ0v) is 15.4. The Balaban J connectivity index is 1.59. The number of aromatic nitrogens is 2. The monoisotopic (exact) mass is 392 g/mol. The van der Waals surface area contributed by atoms with Gasteiger partial charge in [0.15, 0.2) is 4.34 Å². The molecule has 2 heterocycles. The fraction of sp³-hybridized carbons (Fsp3) is 0.133. The van der Waals surface area contributed by atoms with E-state index in [0.29, 0.717) is 20.1 Å². The number of aryl methyl sites for hydroxylation is 1. The van der Waals surface area contributed by atoms with Gasteiger partial charge in [-0.25, -0.2) is 0 Å². The van der Waals surface area contributed by atoms with Gasteiger partial charge in [0.25, 0.3) is 11.6 Å². The highest BCUT2D eigenvalue weighted by molar-refractivity contribution is 8.00. The van der Waals surface area contributed by atoms with Crippen molar-refractivity contribution in [3.05, 3.63) is 61.8 Å². The summed E-state index contributed by atoms with van der Waals surface area (Å²) in [5.41, 5.74) is 1.93. The van der Waals surface area contributed by atoms with Gasteiger partial charge in [-0.3, -0.25) is 20.2 Å². The van der Waals surface area contributed by atoms with Gasteiger partial charge in [-0.15, -0.1) is 21.5 Å². The van der Waals surface area contributed by atoms with E-state index in [2.05, 4.69) is 15.5 Å². The van der Waals surface area contributed by atoms with Gasteiger partial charge < -0.3 is 0 Å². The van der Waals surface area contributed by atoms with Crippen molar-refractivity contribution in [2.24, 2.45) is 0 Å². The zero-order chi connectivity index (χ0) is 17.8. The Morgan fingerprint density at radius 1 is 1.36 bits per heavy atom. The fourth-order valence-electron chi connectivity index (χ4n) is 1.93. The third-order valence-corrected chi connectivity index (χ3v) is 6.15. The van der Waals surface area contributed by atoms with E-state index in [1.807, 2.05) is 24.4 Å². The second kappa shape index (κ2) is 7.72. The van der Waals surface area contributed by atoms with Crippen LogP contribution in [0.25, 0.3) is 0 Å². The maximum absolute atomic E-state index is 12.1. The van der Waals surface area contributed by atoms with Crippen LogP contribution >= 0.6 is 34.4 Å². The lowest BCUT2D eigenvalue weighted by molar-refractivity contribution is -0.384. The Kier molecular flexibility index (Phi) is 5.41. The Morgan fingerprint density at radius 2 is 2.20 bits per heavy atom. The average Bonchev–Trinajstić information content (AvgIpc) is 3.22. The van der Waals surface area contributed by atoms with Crippen LogP contribution in [0, 0.1) is 17.0 Å². The minimum absolute atomic E-state index is 0.0644. The number of carbonyl (C=O) groups excluding carboxylic acids is 1. The lowest BCUT2D eigenvalue weighted by Crippen LogP contribution is -2.09. The first kappa shape index (κ1) is 17.5. The molecule has 0 aliphatic heterocycles. The predicted octanol–water partition coefficient (Wildman–Crippen LogP) is 4.36. The van der Waals surface area contributed by atoms with Gasteiger partial charge in [0, 0.05) is 17.9 Å². The molecular weight excluding hydrogens is 380 g/mol. The van der Waals surface area contributed by atoms with Crippen molar-refractivity contribution >= 4 is 51.2 Å². The molecule has 0 bridgehead atoms. The van der Waals surface area contributed by atoms with Gasteiger partial charge in [0.1, 0.15) is 0 Å². The third kappa shape index (κ3) is 4.62. The number of anilines is 1. The van der Waals surface area contributed by atoms with Crippen LogP contribution in [0.3, 0.4) is 0 Å². The molecule has 0 saturated carbocycles. The molecule has 25 heavy (non-hydrogen) atoms. The number of nitrogens with one attached hydrogen (secondary N) is 1. The van der Waals surface area contributed by atoms with Crippen LogP contribution in [0.15, 0.2) is 40.1 Å². The molecule has 1 N–H and O–H groups in total. The van der Waals surface area contributed by atoms with E-state index in [9.17, 15) is 14.9 Å². The zero-order valence-electron chi connectivity index (χ0n) is 13.0. The van der Waals surface area contributed by atoms with Crippen LogP contribution < -0.4 is 5.32 Å². The summed E-state index contributed by atoms with van der Waals surface area (Å²) in [6.07, 6.45) is 0. The molecule has 0 spiro atoms. The minimum atomic E-state index is -0.418. The number of thiophene rings is 1. The maximum atomic E-state index is 12.1. The van der Waals surface area contributed by atoms with Crippen molar-refractivity contribution in [2.45, 2.75) is 17.0 Å². The molecule has 1 amide bonds. The predicted molar refractivity (Wildman–Crippen MR) is 99.6 cm³/mol. The number of nitro groups is 1. The van der Waals surface area contributed by atoms with Crippen LogP contribution in [0.1, 0.15) is 20.8 Å². The number of hydrogen-bond acceptors (Lipinski definition) is 8. The Labute approximate surface area is 155 Å². The van der Waals surface area contributed by atoms with Crippen molar-refractivity contribution in [2.75, 3.05) is 5.32 Å². The fourth-order valence-corrected chi connectivity index (χ4v) is 4.42. The number of benzene rings is 1. The van der Waals surface area contributed by atoms with Crippen molar-refractivity contribution in [1.29, 1.82) is 0 Å². The summed E-state index contributed by atoms with van der Waals surface area (Å²) < 4.78 is 0.684. The minimum Gasteiger partial charge on any atom is -0.296 e. The molecule has 0 fully saturated rings. The molecule has 10 heteroatoms. The lowest BCUT2D eigenvalue weighted by atomic mass is 10.2. The van der Waals surface area contributed by atoms with Crippen LogP contribution in [0.2, 0.25) is 0 Å². The number of amides is 1. The van der Waals surface area contributed by atoms with Crippen LogP contribution in [-0.4, -0.2) is 21.0 Å². The first-order valence-corrected chi connectivity index (χ1v) is 9.75. The van der Waals surface area contributed by atoms with Gasteiger partial charge in [0.05, 0.1) is 9.80 Å². The number of rotatable bonds is 6. The molecule has 0 unspecified atom stereocenters. The summed E-state index contributed by atoms with van der Waals surface area (Å²) in [6, 6.07) is 8.29. The molecule has 1 aromatic carbocycles. The smallest absolute Gasteiger partial charge is 0.269 e. The van der Waals surface area contributed by atoms with Gasteiger partial charge in [-0.1, -0.05) is 35.2 Å². The molecule has 7 nitrogen and oxygen atoms in total. The van der Waals surface area contributed by atoms with Crippen LogP contribution in [0.4, 0.5) is 10.8 Å². The summed E-state index contributed by atoms with van der Waals surface area (Å²) in [4.78, 5) is 23.1. The van der Waals surface area contributed by atoms with Crippen molar-refractivity contribution in [3.8, 4) is 0 Å². The van der Waals surface area contributed by atoms with E-state index < -0.39 is 4.92 Å². The highest BCUT2D eigenvalue weighted by Crippen LogP contribution is 2.29. The first-order chi connectivity index (χ1) is 12.0. The largest absolute Gasteiger partial charge is 0.296 e. The number of thioether (sulfide) groups is 1. The van der Waals surface area contributed by atoms with Gasteiger partial charge in [-0.2, -0.15) is 0 Å². The molecule has 128 valence electrons. The number of hydrogen-bond donors (Lipinski definition) is 1. The summed E-state index contributed by atoms with van der Waals surface area (Å²) >= 11 is 4.07. The quantitative estimate of drug-likeness (QED) is 0.290. The third-order valence-electron chi connectivity index (χ3n) is 3.06. The second-order valence-corrected chi connectivity index (χ2v) is 8.14. The molecule has 3 aromatic rings. The van der Waals surface area contributed by atoms with Gasteiger partial charge >= 0.3 is 0 Å². The lowest BCUT2D eigenvalue weighted by Gasteiger charge is -1.98. The summed E-state index contributed by atoms with van der Waals surface area (Å²) in [5, 5.41) is 23.8. The van der Waals surface area contributed by atoms with E-state index >= 15 is 0 Å². The standard InChI is InChI=1S/C15H12N4O3S3/c1-9-5-12(23-7-9)13(20)16-14-17-18-15(25-14)24-8-10-3-2-4-11(6-10)19(21)22/h2-7H,8H2,1H3,(H,16,17,20). The first-order valence-electron chi connectivity index (χ1n) is 7.07. The summed E-state index contributed by atoms with van der Waals surface area (Å²) in [5.74, 6) is 0.332. The molecular formula is C15H12N4O3S3. The second-order valence-electron chi connectivity index (χ2n) is 5.03. The van der Waals surface area contributed by atoms with Crippen molar-refractivity contribution in [1.82, 2.24) is 10.2 Å². The van der Waals surface area contributed by atoms with Gasteiger partial charge in [-0.05, 0) is 29.5 Å². The SMILES string of the molecule is Cc1csc(C(=O)Nc2nnc(SCc3cccc([N+](=O)[O-])c3)s2)c1. The molecule has 0 aliphatic rings.